The summed E-state index contributed by atoms with van der Waals surface area (Å²) >= 11 is 0. The quantitative estimate of drug-likeness (QED) is 0.181. The predicted octanol–water partition coefficient (Wildman–Crippen LogP) is 7.65. The fourth-order valence-electron chi connectivity index (χ4n) is 7.37. The first-order valence-corrected chi connectivity index (χ1v) is 13.8. The van der Waals surface area contributed by atoms with E-state index in [1.807, 2.05) is 91.0 Å². The number of nitrogens with one attached hydrogen (secondary N) is 3. The van der Waals surface area contributed by atoms with Gasteiger partial charge < -0.3 is 4.79 Å². The summed E-state index contributed by atoms with van der Waals surface area (Å²) in [7, 11) is 0. The van der Waals surface area contributed by atoms with Crippen LogP contribution in [-0.4, -0.2) is 23.7 Å². The highest BCUT2D eigenvalue weighted by molar-refractivity contribution is 5.94. The number of hydrogen-bond acceptors (Lipinski definition) is 8. The lowest BCUT2D eigenvalue weighted by molar-refractivity contribution is -0.132. The lowest BCUT2D eigenvalue weighted by atomic mass is 9.56. The van der Waals surface area contributed by atoms with Crippen LogP contribution >= 0.6 is 0 Å². The van der Waals surface area contributed by atoms with E-state index in [2.05, 4.69) is 15.3 Å². The van der Waals surface area contributed by atoms with E-state index in [0.717, 1.165) is 23.0 Å². The predicted molar refractivity (Wildman–Crippen MR) is 150 cm³/mol. The molecule has 3 unspecified atom stereocenters. The highest BCUT2D eigenvalue weighted by Gasteiger charge is 2.67. The molecule has 2 aliphatic rings. The molecule has 0 radical (unpaired) electrons. The third-order valence-electron chi connectivity index (χ3n) is 9.46. The van der Waals surface area contributed by atoms with Crippen molar-refractivity contribution in [3.8, 4) is 0 Å². The van der Waals surface area contributed by atoms with Gasteiger partial charge in [-0.2, -0.15) is 15.3 Å². The highest BCUT2D eigenvalue weighted by atomic mass is 16.1. The zero-order valence-electron chi connectivity index (χ0n) is 22.4. The molecule has 2 saturated carbocycles. The minimum absolute atomic E-state index is 0.153. The van der Waals surface area contributed by atoms with Crippen LogP contribution in [0, 0.1) is 27.9 Å². The first kappa shape index (κ1) is 27.4. The molecule has 3 aromatic carbocycles. The molecule has 3 aromatic rings. The Morgan fingerprint density at radius 2 is 1.30 bits per heavy atom. The topological polar surface area (TPSA) is 143 Å². The van der Waals surface area contributed by atoms with Crippen LogP contribution in [0.25, 0.3) is 0 Å². The maximum Gasteiger partial charge on any atom is 0.168 e. The number of Topliss-reactive ketones (excluding diaryl/α,β-unsaturated/α-hetero) is 1. The van der Waals surface area contributed by atoms with Crippen LogP contribution in [0.2, 0.25) is 0 Å². The SMILES string of the molecule is N=NC1CC(N=N)(c2ccccc2)C2(CCC(CC(C=O)C(c3ccccc3)c3ccccc3)(N=N)CC2)C1=O. The molecule has 1 spiro atoms. The molecule has 0 aliphatic heterocycles. The molecule has 5 rings (SSSR count). The van der Waals surface area contributed by atoms with Gasteiger partial charge in [-0.05, 0) is 48.8 Å². The van der Waals surface area contributed by atoms with Gasteiger partial charge in [-0.1, -0.05) is 91.0 Å². The number of carbonyl (C=O) groups is 2. The summed E-state index contributed by atoms with van der Waals surface area (Å²) in [6.07, 6.45) is 3.12. The van der Waals surface area contributed by atoms with E-state index in [1.54, 1.807) is 0 Å². The van der Waals surface area contributed by atoms with Gasteiger partial charge in [0.15, 0.2) is 5.78 Å². The Morgan fingerprint density at radius 3 is 1.75 bits per heavy atom. The van der Waals surface area contributed by atoms with Gasteiger partial charge in [0, 0.05) is 18.3 Å². The fourth-order valence-corrected chi connectivity index (χ4v) is 7.37. The smallest absolute Gasteiger partial charge is 0.168 e. The Hall–Kier alpha value is -4.20. The van der Waals surface area contributed by atoms with Crippen molar-refractivity contribution in [2.75, 3.05) is 0 Å². The van der Waals surface area contributed by atoms with Gasteiger partial charge >= 0.3 is 0 Å². The molecule has 2 fully saturated rings. The molecular weight excluding hydrogens is 500 g/mol. The number of ketones is 1. The maximum atomic E-state index is 13.8. The Morgan fingerprint density at radius 1 is 0.775 bits per heavy atom. The van der Waals surface area contributed by atoms with Crippen LogP contribution < -0.4 is 0 Å². The molecule has 0 heterocycles. The molecule has 0 amide bonds. The largest absolute Gasteiger partial charge is 0.303 e. The minimum atomic E-state index is -1.12. The average molecular weight is 535 g/mol. The first-order valence-electron chi connectivity index (χ1n) is 13.8. The summed E-state index contributed by atoms with van der Waals surface area (Å²) in [6.45, 7) is 0. The Bertz CT molecular complexity index is 1330. The van der Waals surface area contributed by atoms with E-state index in [9.17, 15) is 9.59 Å². The second-order valence-electron chi connectivity index (χ2n) is 11.3. The van der Waals surface area contributed by atoms with Gasteiger partial charge in [-0.3, -0.25) is 4.79 Å². The van der Waals surface area contributed by atoms with Gasteiger partial charge in [0.25, 0.3) is 0 Å². The molecule has 0 bridgehead atoms. The van der Waals surface area contributed by atoms with Crippen LogP contribution in [0.15, 0.2) is 106 Å². The maximum absolute atomic E-state index is 13.8. The van der Waals surface area contributed by atoms with E-state index in [4.69, 9.17) is 16.6 Å². The van der Waals surface area contributed by atoms with Gasteiger partial charge in [0.1, 0.15) is 17.9 Å². The van der Waals surface area contributed by atoms with E-state index in [1.165, 1.54) is 0 Å². The molecule has 2 aliphatic carbocycles. The van der Waals surface area contributed by atoms with Crippen molar-refractivity contribution in [3.63, 3.8) is 0 Å². The Balaban J connectivity index is 1.49. The van der Waals surface area contributed by atoms with Gasteiger partial charge in [-0.15, -0.1) is 0 Å². The molecule has 3 atom stereocenters. The summed E-state index contributed by atoms with van der Waals surface area (Å²) in [5.41, 5.74) is 24.2. The molecule has 8 nitrogen and oxygen atoms in total. The summed E-state index contributed by atoms with van der Waals surface area (Å²) in [4.78, 5) is 26.5. The molecule has 0 aromatic heterocycles. The van der Waals surface area contributed by atoms with E-state index >= 15 is 0 Å². The summed E-state index contributed by atoms with van der Waals surface area (Å²) < 4.78 is 0. The van der Waals surface area contributed by atoms with Crippen LogP contribution in [0.1, 0.15) is 61.1 Å². The minimum Gasteiger partial charge on any atom is -0.303 e. The second kappa shape index (κ2) is 11.1. The normalized spacial score (nSPS) is 28.7. The number of rotatable bonds is 10. The highest BCUT2D eigenvalue weighted by Crippen LogP contribution is 2.62. The number of aldehydes is 1. The van der Waals surface area contributed by atoms with Crippen LogP contribution in [-0.2, 0) is 15.1 Å². The van der Waals surface area contributed by atoms with Crippen LogP contribution in [0.4, 0.5) is 0 Å². The Labute approximate surface area is 234 Å². The average Bonchev–Trinajstić information content (AvgIpc) is 3.27. The fraction of sp³-hybridized carbons (Fsp3) is 0.375. The van der Waals surface area contributed by atoms with Crippen molar-refractivity contribution in [3.05, 3.63) is 108 Å². The van der Waals surface area contributed by atoms with Crippen molar-refractivity contribution in [1.82, 2.24) is 0 Å². The zero-order valence-corrected chi connectivity index (χ0v) is 22.4. The number of hydrogen-bond donors (Lipinski definition) is 3. The zero-order chi connectivity index (χ0) is 28.2. The standard InChI is InChI=1S/C32H34N6O2/c33-36-27-21-32(38-35,26-14-8-3-9-15-26)31(29(27)40)18-16-30(37-34,17-19-31)20-25(22-39)28(23-10-4-1-5-11-23)24-12-6-2-7-13-24/h1-15,22,25,27-28,33-35H,16-21H2. The summed E-state index contributed by atoms with van der Waals surface area (Å²) in [5.74, 6) is -0.775. The van der Waals surface area contributed by atoms with Gasteiger partial charge in [-0.25, -0.2) is 16.6 Å². The summed E-state index contributed by atoms with van der Waals surface area (Å²) in [5, 5.41) is 11.9. The third kappa shape index (κ3) is 4.41. The lowest BCUT2D eigenvalue weighted by Crippen LogP contribution is -2.50. The Kier molecular flexibility index (Phi) is 7.61. The number of benzene rings is 3. The number of nitrogens with zero attached hydrogens (tertiary/aromatic N) is 3. The van der Waals surface area contributed by atoms with Crippen molar-refractivity contribution in [1.29, 1.82) is 16.6 Å². The molecule has 0 saturated heterocycles. The first-order chi connectivity index (χ1) is 19.5. The third-order valence-corrected chi connectivity index (χ3v) is 9.46. The second-order valence-corrected chi connectivity index (χ2v) is 11.3. The van der Waals surface area contributed by atoms with E-state index in [0.29, 0.717) is 32.1 Å². The monoisotopic (exact) mass is 534 g/mol. The van der Waals surface area contributed by atoms with Crippen molar-refractivity contribution in [2.45, 2.75) is 61.6 Å². The molecule has 3 N–H and O–H groups in total. The lowest BCUT2D eigenvalue weighted by Gasteiger charge is -2.48. The van der Waals surface area contributed by atoms with Crippen molar-refractivity contribution < 1.29 is 9.59 Å². The van der Waals surface area contributed by atoms with Crippen molar-refractivity contribution >= 4 is 12.1 Å². The molecule has 40 heavy (non-hydrogen) atoms. The van der Waals surface area contributed by atoms with Gasteiger partial charge in [0.2, 0.25) is 0 Å². The molecule has 8 heteroatoms. The molecular formula is C32H34N6O2. The van der Waals surface area contributed by atoms with Gasteiger partial charge in [0.05, 0.1) is 11.0 Å². The summed E-state index contributed by atoms with van der Waals surface area (Å²) in [6, 6.07) is 28.5. The van der Waals surface area contributed by atoms with Crippen LogP contribution in [0.3, 0.4) is 0 Å². The number of carbonyl (C=O) groups excluding carboxylic acids is 2. The molecule has 204 valence electrons. The van der Waals surface area contributed by atoms with E-state index in [-0.39, 0.29) is 18.1 Å². The van der Waals surface area contributed by atoms with E-state index < -0.39 is 28.5 Å². The van der Waals surface area contributed by atoms with Crippen molar-refractivity contribution in [2.24, 2.45) is 26.7 Å². The van der Waals surface area contributed by atoms with Crippen LogP contribution in [0.5, 0.6) is 0 Å².